The van der Waals surface area contributed by atoms with Crippen LogP contribution in [-0.2, 0) is 17.0 Å². The molecule has 0 saturated carbocycles. The fraction of sp³-hybridized carbons (Fsp3) is 0.333. The summed E-state index contributed by atoms with van der Waals surface area (Å²) in [7, 11) is 0. The number of esters is 1. The molecule has 26 heavy (non-hydrogen) atoms. The highest BCUT2D eigenvalue weighted by Gasteiger charge is 2.24. The van der Waals surface area contributed by atoms with Crippen molar-refractivity contribution in [2.24, 2.45) is 0 Å². The molecule has 3 aromatic heterocycles. The highest BCUT2D eigenvalue weighted by atomic mass is 32.2. The van der Waals surface area contributed by atoms with Gasteiger partial charge in [0.1, 0.15) is 23.0 Å². The summed E-state index contributed by atoms with van der Waals surface area (Å²) in [5.74, 6) is 0.865. The predicted octanol–water partition coefficient (Wildman–Crippen LogP) is 1.75. The van der Waals surface area contributed by atoms with Crippen molar-refractivity contribution in [1.29, 1.82) is 0 Å². The van der Waals surface area contributed by atoms with E-state index < -0.39 is 5.97 Å². The smallest absolute Gasteiger partial charge is 0.342 e. The Bertz CT molecular complexity index is 966. The zero-order valence-electron chi connectivity index (χ0n) is 14.3. The predicted molar refractivity (Wildman–Crippen MR) is 94.5 cm³/mol. The van der Waals surface area contributed by atoms with Crippen LogP contribution in [0.4, 0.5) is 5.82 Å². The number of rotatable bonds is 7. The average Bonchev–Trinajstić information content (AvgIpc) is 3.17. The maximum absolute atomic E-state index is 12.1. The quantitative estimate of drug-likeness (QED) is 0.369. The Kier molecular flexibility index (Phi) is 5.16. The minimum absolute atomic E-state index is 0.163. The zero-order chi connectivity index (χ0) is 18.7. The molecule has 3 heterocycles. The summed E-state index contributed by atoms with van der Waals surface area (Å²) in [5.41, 5.74) is 6.55. The number of nitrogens with two attached hydrogens (primary N) is 1. The number of hydrogen-bond donors (Lipinski definition) is 1. The van der Waals surface area contributed by atoms with Crippen molar-refractivity contribution in [3.05, 3.63) is 29.8 Å². The third-order valence-electron chi connectivity index (χ3n) is 3.41. The molecule has 0 aromatic carbocycles. The Morgan fingerprint density at radius 2 is 2.27 bits per heavy atom. The normalized spacial score (nSPS) is 11.0. The van der Waals surface area contributed by atoms with Gasteiger partial charge in [-0.1, -0.05) is 17.8 Å². The number of nitrogen functional groups attached to an aromatic ring is 1. The molecule has 0 amide bonds. The highest BCUT2D eigenvalue weighted by Crippen LogP contribution is 2.30. The van der Waals surface area contributed by atoms with E-state index in [1.165, 1.54) is 11.8 Å². The van der Waals surface area contributed by atoms with Gasteiger partial charge in [0.25, 0.3) is 0 Å². The summed E-state index contributed by atoms with van der Waals surface area (Å²) in [4.78, 5) is 20.8. The topological polar surface area (TPSA) is 135 Å². The van der Waals surface area contributed by atoms with Crippen LogP contribution in [0.5, 0.6) is 0 Å². The van der Waals surface area contributed by atoms with Crippen LogP contribution >= 0.6 is 11.8 Å². The molecule has 0 unspecified atom stereocenters. The van der Waals surface area contributed by atoms with Crippen LogP contribution in [0.15, 0.2) is 22.2 Å². The number of hydrogen-bond acceptors (Lipinski definition) is 10. The number of nitrogens with zero attached hydrogens (tertiary/aromatic N) is 6. The van der Waals surface area contributed by atoms with Crippen LogP contribution < -0.4 is 5.73 Å². The molecule has 3 aromatic rings. The number of anilines is 1. The van der Waals surface area contributed by atoms with Gasteiger partial charge in [0.05, 0.1) is 24.3 Å². The van der Waals surface area contributed by atoms with Crippen LogP contribution in [0.25, 0.3) is 11.1 Å². The van der Waals surface area contributed by atoms with E-state index in [0.29, 0.717) is 34.4 Å². The van der Waals surface area contributed by atoms with Crippen molar-refractivity contribution in [1.82, 2.24) is 30.2 Å². The number of furan rings is 1. The second kappa shape index (κ2) is 7.52. The maximum atomic E-state index is 12.1. The van der Waals surface area contributed by atoms with Gasteiger partial charge in [-0.3, -0.25) is 0 Å². The molecule has 3 rings (SSSR count). The molecule has 0 atom stereocenters. The Morgan fingerprint density at radius 3 is 3.00 bits per heavy atom. The molecule has 136 valence electrons. The molecule has 0 aliphatic rings. The maximum Gasteiger partial charge on any atom is 0.342 e. The van der Waals surface area contributed by atoms with Gasteiger partial charge in [0, 0.05) is 0 Å². The van der Waals surface area contributed by atoms with Crippen molar-refractivity contribution in [2.75, 3.05) is 12.3 Å². The van der Waals surface area contributed by atoms with Gasteiger partial charge in [0.2, 0.25) is 10.9 Å². The molecular formula is C15H17N7O3S. The first kappa shape index (κ1) is 17.9. The summed E-state index contributed by atoms with van der Waals surface area (Å²) in [5, 5.41) is 12.4. The molecule has 0 bridgehead atoms. The SMILES string of the molecule is C=CCn1nnnc1SCc1nc(N)c2c(C(=O)OCC)c(C)oc2n1. The minimum Gasteiger partial charge on any atom is -0.462 e. The van der Waals surface area contributed by atoms with Crippen molar-refractivity contribution in [3.8, 4) is 0 Å². The molecule has 0 radical (unpaired) electrons. The van der Waals surface area contributed by atoms with Gasteiger partial charge >= 0.3 is 5.97 Å². The third kappa shape index (κ3) is 3.38. The molecule has 0 fully saturated rings. The zero-order valence-corrected chi connectivity index (χ0v) is 15.1. The molecule has 10 nitrogen and oxygen atoms in total. The van der Waals surface area contributed by atoms with E-state index in [1.54, 1.807) is 24.6 Å². The number of carbonyl (C=O) groups is 1. The Morgan fingerprint density at radius 1 is 1.46 bits per heavy atom. The van der Waals surface area contributed by atoms with Gasteiger partial charge in [-0.15, -0.1) is 11.7 Å². The first-order valence-corrected chi connectivity index (χ1v) is 8.76. The minimum atomic E-state index is -0.509. The number of thioether (sulfide) groups is 1. The number of fused-ring (bicyclic) bond motifs is 1. The summed E-state index contributed by atoms with van der Waals surface area (Å²) in [6.45, 7) is 7.79. The monoisotopic (exact) mass is 375 g/mol. The Balaban J connectivity index is 1.88. The second-order valence-corrected chi connectivity index (χ2v) is 6.12. The second-order valence-electron chi connectivity index (χ2n) is 5.18. The molecule has 2 N–H and O–H groups in total. The molecule has 0 aliphatic heterocycles. The summed E-state index contributed by atoms with van der Waals surface area (Å²) in [6, 6.07) is 0. The molecular weight excluding hydrogens is 358 g/mol. The van der Waals surface area contributed by atoms with Gasteiger partial charge in [0.15, 0.2) is 0 Å². The number of aromatic nitrogens is 6. The molecule has 11 heteroatoms. The summed E-state index contributed by atoms with van der Waals surface area (Å²) in [6.07, 6.45) is 1.70. The number of allylic oxidation sites excluding steroid dienone is 1. The number of tetrazole rings is 1. The summed E-state index contributed by atoms with van der Waals surface area (Å²) >= 11 is 1.35. The number of carbonyl (C=O) groups excluding carboxylic acids is 1. The van der Waals surface area contributed by atoms with Gasteiger partial charge < -0.3 is 14.9 Å². The van der Waals surface area contributed by atoms with E-state index in [2.05, 4.69) is 32.1 Å². The van der Waals surface area contributed by atoms with Crippen molar-refractivity contribution in [3.63, 3.8) is 0 Å². The van der Waals surface area contributed by atoms with Crippen LogP contribution in [0, 0.1) is 6.92 Å². The lowest BCUT2D eigenvalue weighted by atomic mass is 10.2. The van der Waals surface area contributed by atoms with Crippen molar-refractivity contribution < 1.29 is 13.9 Å². The van der Waals surface area contributed by atoms with Gasteiger partial charge in [-0.25, -0.2) is 14.5 Å². The van der Waals surface area contributed by atoms with E-state index in [-0.39, 0.29) is 23.7 Å². The molecule has 0 aliphatic carbocycles. The van der Waals surface area contributed by atoms with Crippen molar-refractivity contribution >= 4 is 34.6 Å². The fourth-order valence-electron chi connectivity index (χ4n) is 2.36. The van der Waals surface area contributed by atoms with Crippen molar-refractivity contribution in [2.45, 2.75) is 31.3 Å². The van der Waals surface area contributed by atoms with E-state index in [4.69, 9.17) is 14.9 Å². The number of aryl methyl sites for hydroxylation is 1. The van der Waals surface area contributed by atoms with Crippen LogP contribution in [0.3, 0.4) is 0 Å². The Labute approximate surface area is 152 Å². The van der Waals surface area contributed by atoms with E-state index in [0.717, 1.165) is 0 Å². The average molecular weight is 375 g/mol. The van der Waals surface area contributed by atoms with Crippen LogP contribution in [0.2, 0.25) is 0 Å². The first-order valence-electron chi connectivity index (χ1n) is 7.77. The third-order valence-corrected chi connectivity index (χ3v) is 4.37. The summed E-state index contributed by atoms with van der Waals surface area (Å²) < 4.78 is 12.2. The van der Waals surface area contributed by atoms with Crippen LogP contribution in [0.1, 0.15) is 28.9 Å². The first-order chi connectivity index (χ1) is 12.5. The Hall–Kier alpha value is -2.95. The lowest BCUT2D eigenvalue weighted by Crippen LogP contribution is -2.07. The lowest BCUT2D eigenvalue weighted by molar-refractivity contribution is 0.0526. The van der Waals surface area contributed by atoms with Crippen LogP contribution in [-0.4, -0.2) is 42.8 Å². The fourth-order valence-corrected chi connectivity index (χ4v) is 3.10. The molecule has 0 saturated heterocycles. The highest BCUT2D eigenvalue weighted by molar-refractivity contribution is 7.98. The van der Waals surface area contributed by atoms with Gasteiger partial charge in [-0.2, -0.15) is 4.98 Å². The molecule has 0 spiro atoms. The lowest BCUT2D eigenvalue weighted by Gasteiger charge is -2.04. The van der Waals surface area contributed by atoms with E-state index in [9.17, 15) is 4.79 Å². The van der Waals surface area contributed by atoms with E-state index in [1.807, 2.05) is 0 Å². The van der Waals surface area contributed by atoms with E-state index >= 15 is 0 Å². The standard InChI is InChI=1S/C15H17N7O3S/c1-4-6-22-15(19-20-21-22)26-7-9-17-12(16)11-10(14(23)24-5-2)8(3)25-13(11)18-9/h4H,1,5-7H2,2-3H3,(H2,16,17,18). The van der Waals surface area contributed by atoms with Gasteiger partial charge in [-0.05, 0) is 24.3 Å². The largest absolute Gasteiger partial charge is 0.462 e. The number of ether oxygens (including phenoxy) is 1.